The maximum atomic E-state index is 11.5. The van der Waals surface area contributed by atoms with Crippen molar-refractivity contribution in [1.82, 2.24) is 9.78 Å². The van der Waals surface area contributed by atoms with Crippen molar-refractivity contribution in [3.8, 4) is 33.6 Å². The van der Waals surface area contributed by atoms with Gasteiger partial charge in [-0.1, -0.05) is 116 Å². The molecule has 1 heterocycles. The second-order valence-electron chi connectivity index (χ2n) is 8.03. The number of thioether (sulfide) groups is 1. The Morgan fingerprint density at radius 1 is 0.758 bits per heavy atom. The molecule has 0 aliphatic rings. The summed E-state index contributed by atoms with van der Waals surface area (Å²) in [6, 6.07) is 31.6. The third kappa shape index (κ3) is 5.82. The lowest BCUT2D eigenvalue weighted by Crippen LogP contribution is -2.03. The zero-order valence-corrected chi connectivity index (χ0v) is 19.9. The van der Waals surface area contributed by atoms with Gasteiger partial charge < -0.3 is 0 Å². The zero-order valence-electron chi connectivity index (χ0n) is 19.1. The molecule has 0 amide bonds. The fourth-order valence-electron chi connectivity index (χ4n) is 4.02. The number of aryl methyl sites for hydroxylation is 1. The molecule has 0 aliphatic heterocycles. The maximum absolute atomic E-state index is 11.5. The highest BCUT2D eigenvalue weighted by atomic mass is 32.2. The van der Waals surface area contributed by atoms with Crippen molar-refractivity contribution in [2.24, 2.45) is 0 Å². The van der Waals surface area contributed by atoms with Gasteiger partial charge in [-0.15, -0.1) is 0 Å². The summed E-state index contributed by atoms with van der Waals surface area (Å²) < 4.78 is 2.18. The fourth-order valence-corrected chi connectivity index (χ4v) is 4.80. The van der Waals surface area contributed by atoms with E-state index in [0.717, 1.165) is 48.5 Å². The molecule has 3 nitrogen and oxygen atoms in total. The Hall–Kier alpha value is -3.11. The van der Waals surface area contributed by atoms with Gasteiger partial charge in [0.05, 0.1) is 5.69 Å². The molecule has 0 atom stereocenters. The predicted molar refractivity (Wildman–Crippen MR) is 140 cm³/mol. The first-order chi connectivity index (χ1) is 16.3. The maximum Gasteiger partial charge on any atom is 0.188 e. The highest BCUT2D eigenvalue weighted by molar-refractivity contribution is 8.13. The Bertz CT molecular complexity index is 1150. The molecule has 0 saturated carbocycles. The van der Waals surface area contributed by atoms with E-state index in [1.54, 1.807) is 0 Å². The van der Waals surface area contributed by atoms with Gasteiger partial charge in [0, 0.05) is 35.4 Å². The first-order valence-corrected chi connectivity index (χ1v) is 12.7. The van der Waals surface area contributed by atoms with Crippen LogP contribution < -0.4 is 0 Å². The molecule has 0 fully saturated rings. The SMILES string of the molecule is CCC(=O)SCCCCCn1nc(-c2ccccc2)c(-c2ccccc2)c1-c1ccccc1. The molecule has 0 spiro atoms. The molecule has 4 heteroatoms. The monoisotopic (exact) mass is 454 g/mol. The van der Waals surface area contributed by atoms with E-state index in [4.69, 9.17) is 5.10 Å². The van der Waals surface area contributed by atoms with Gasteiger partial charge in [-0.2, -0.15) is 5.10 Å². The van der Waals surface area contributed by atoms with Crippen molar-refractivity contribution in [1.29, 1.82) is 0 Å². The standard InChI is InChI=1S/C29H30N2OS/c1-2-26(32)33-22-14-6-13-21-31-29(25-19-11-5-12-20-25)27(23-15-7-3-8-16-23)28(30-31)24-17-9-4-10-18-24/h3-5,7-12,15-20H,2,6,13-14,21-22H2,1H3. The molecule has 0 radical (unpaired) electrons. The summed E-state index contributed by atoms with van der Waals surface area (Å²) in [5.41, 5.74) is 6.84. The molecule has 4 aromatic rings. The van der Waals surface area contributed by atoms with Crippen LogP contribution in [0.5, 0.6) is 0 Å². The lowest BCUT2D eigenvalue weighted by atomic mass is 9.96. The Morgan fingerprint density at radius 3 is 1.94 bits per heavy atom. The van der Waals surface area contributed by atoms with Crippen molar-refractivity contribution in [3.63, 3.8) is 0 Å². The van der Waals surface area contributed by atoms with Crippen molar-refractivity contribution in [3.05, 3.63) is 91.0 Å². The molecule has 4 rings (SSSR count). The van der Waals surface area contributed by atoms with Gasteiger partial charge in [0.25, 0.3) is 0 Å². The minimum atomic E-state index is 0.286. The van der Waals surface area contributed by atoms with E-state index < -0.39 is 0 Å². The van der Waals surface area contributed by atoms with Crippen molar-refractivity contribution in [2.45, 2.75) is 39.2 Å². The Morgan fingerprint density at radius 2 is 1.33 bits per heavy atom. The van der Waals surface area contributed by atoms with Crippen LogP contribution in [0, 0.1) is 0 Å². The number of carbonyl (C=O) groups excluding carboxylic acids is 1. The topological polar surface area (TPSA) is 34.9 Å². The number of unbranched alkanes of at least 4 members (excludes halogenated alkanes) is 2. The van der Waals surface area contributed by atoms with Crippen LogP contribution in [0.1, 0.15) is 32.6 Å². The number of carbonyl (C=O) groups is 1. The van der Waals surface area contributed by atoms with E-state index >= 15 is 0 Å². The van der Waals surface area contributed by atoms with Crippen LogP contribution in [0.15, 0.2) is 91.0 Å². The lowest BCUT2D eigenvalue weighted by Gasteiger charge is -2.11. The van der Waals surface area contributed by atoms with Gasteiger partial charge in [0.15, 0.2) is 5.12 Å². The quantitative estimate of drug-likeness (QED) is 0.230. The van der Waals surface area contributed by atoms with Crippen molar-refractivity contribution < 1.29 is 4.79 Å². The molecule has 3 aromatic carbocycles. The molecular formula is C29H30N2OS. The zero-order chi connectivity index (χ0) is 22.9. The molecule has 0 unspecified atom stereocenters. The predicted octanol–water partition coefficient (Wildman–Crippen LogP) is 7.72. The molecule has 0 saturated heterocycles. The molecule has 33 heavy (non-hydrogen) atoms. The first-order valence-electron chi connectivity index (χ1n) is 11.7. The number of hydrogen-bond acceptors (Lipinski definition) is 3. The number of hydrogen-bond donors (Lipinski definition) is 0. The van der Waals surface area contributed by atoms with Crippen LogP contribution >= 0.6 is 11.8 Å². The summed E-state index contributed by atoms with van der Waals surface area (Å²) in [4.78, 5) is 11.5. The first kappa shape index (κ1) is 23.1. The highest BCUT2D eigenvalue weighted by Crippen LogP contribution is 2.40. The van der Waals surface area contributed by atoms with E-state index in [1.807, 2.05) is 13.0 Å². The summed E-state index contributed by atoms with van der Waals surface area (Å²) in [5.74, 6) is 0.905. The van der Waals surface area contributed by atoms with Crippen molar-refractivity contribution >= 4 is 16.9 Å². The van der Waals surface area contributed by atoms with Gasteiger partial charge in [-0.25, -0.2) is 0 Å². The van der Waals surface area contributed by atoms with Crippen LogP contribution in [-0.2, 0) is 11.3 Å². The van der Waals surface area contributed by atoms with Gasteiger partial charge in [-0.3, -0.25) is 9.48 Å². The van der Waals surface area contributed by atoms with E-state index in [9.17, 15) is 4.79 Å². The second-order valence-corrected chi connectivity index (χ2v) is 9.18. The molecule has 168 valence electrons. The van der Waals surface area contributed by atoms with Gasteiger partial charge in [0.1, 0.15) is 5.69 Å². The molecule has 0 aliphatic carbocycles. The van der Waals surface area contributed by atoms with E-state index in [2.05, 4.69) is 89.6 Å². The van der Waals surface area contributed by atoms with Crippen LogP contribution in [0.4, 0.5) is 0 Å². The highest BCUT2D eigenvalue weighted by Gasteiger charge is 2.21. The summed E-state index contributed by atoms with van der Waals surface area (Å²) >= 11 is 1.46. The number of benzene rings is 3. The molecular weight excluding hydrogens is 424 g/mol. The minimum Gasteiger partial charge on any atom is -0.287 e. The fraction of sp³-hybridized carbons (Fsp3) is 0.241. The Balaban J connectivity index is 1.69. The van der Waals surface area contributed by atoms with Crippen molar-refractivity contribution in [2.75, 3.05) is 5.75 Å². The number of rotatable bonds is 10. The van der Waals surface area contributed by atoms with Crippen LogP contribution in [-0.4, -0.2) is 20.6 Å². The summed E-state index contributed by atoms with van der Waals surface area (Å²) in [6.07, 6.45) is 3.78. The number of aromatic nitrogens is 2. The molecule has 1 aromatic heterocycles. The smallest absolute Gasteiger partial charge is 0.188 e. The van der Waals surface area contributed by atoms with E-state index in [1.165, 1.54) is 28.5 Å². The van der Waals surface area contributed by atoms with Crippen LogP contribution in [0.2, 0.25) is 0 Å². The summed E-state index contributed by atoms with van der Waals surface area (Å²) in [5, 5.41) is 5.44. The van der Waals surface area contributed by atoms with Crippen LogP contribution in [0.25, 0.3) is 33.6 Å². The van der Waals surface area contributed by atoms with E-state index in [0.29, 0.717) is 6.42 Å². The average Bonchev–Trinajstić information content (AvgIpc) is 3.27. The lowest BCUT2D eigenvalue weighted by molar-refractivity contribution is -0.110. The largest absolute Gasteiger partial charge is 0.287 e. The Labute approximate surface area is 200 Å². The molecule has 0 N–H and O–H groups in total. The minimum absolute atomic E-state index is 0.286. The normalized spacial score (nSPS) is 10.9. The van der Waals surface area contributed by atoms with Gasteiger partial charge in [0.2, 0.25) is 0 Å². The Kier molecular flexibility index (Phi) is 8.15. The molecule has 0 bridgehead atoms. The van der Waals surface area contributed by atoms with Crippen LogP contribution in [0.3, 0.4) is 0 Å². The second kappa shape index (κ2) is 11.7. The van der Waals surface area contributed by atoms with Gasteiger partial charge >= 0.3 is 0 Å². The average molecular weight is 455 g/mol. The third-order valence-electron chi connectivity index (χ3n) is 5.68. The number of nitrogens with zero attached hydrogens (tertiary/aromatic N) is 2. The summed E-state index contributed by atoms with van der Waals surface area (Å²) in [6.45, 7) is 2.77. The van der Waals surface area contributed by atoms with E-state index in [-0.39, 0.29) is 5.12 Å². The summed E-state index contributed by atoms with van der Waals surface area (Å²) in [7, 11) is 0. The van der Waals surface area contributed by atoms with Gasteiger partial charge in [-0.05, 0) is 18.4 Å². The third-order valence-corrected chi connectivity index (χ3v) is 6.78.